The van der Waals surface area contributed by atoms with Crippen molar-refractivity contribution >= 4 is 47.7 Å². The van der Waals surface area contributed by atoms with E-state index in [0.29, 0.717) is 24.0 Å². The topological polar surface area (TPSA) is 124 Å². The van der Waals surface area contributed by atoms with E-state index in [1.165, 1.54) is 19.3 Å². The standard InChI is InChI=1S/C53H70N6O5SSi/c1-35(2)49(47-29-48(56-63-47)58-30-40(31-58)27-39-23-25-57(26-24-39)36(3)33-60)52(62)59-32-43(64-66(53(6,7)8,44-15-11-9-12-16-44)45-17-13-10-14-18-45)28-46(59)51(61)55-37(4)41-19-21-42(22-20-41)50-38(5)54-34-65-50/h9-22,29,34-37,39-40,43,46,49,60H,23-28,30-33H2,1-8H3,(H,55,61)/t36-,37-,43?,46?,49?/m0/s1. The number of anilines is 1. The minimum absolute atomic E-state index is 0.123. The number of thiazole rings is 1. The second kappa shape index (κ2) is 20.3. The number of carbonyl (C=O) groups is 2. The molecule has 3 unspecified atom stereocenters. The highest BCUT2D eigenvalue weighted by Crippen LogP contribution is 2.41. The Morgan fingerprint density at radius 3 is 2.11 bits per heavy atom. The van der Waals surface area contributed by atoms with Crippen LogP contribution in [0, 0.1) is 24.7 Å². The fourth-order valence-corrected chi connectivity index (χ4v) is 16.3. The van der Waals surface area contributed by atoms with Gasteiger partial charge in [-0.15, -0.1) is 11.3 Å². The molecule has 13 heteroatoms. The number of rotatable bonds is 16. The Bertz CT molecular complexity index is 2330. The summed E-state index contributed by atoms with van der Waals surface area (Å²) in [6, 6.07) is 30.5. The third kappa shape index (κ3) is 9.97. The fourth-order valence-electron chi connectivity index (χ4n) is 10.8. The summed E-state index contributed by atoms with van der Waals surface area (Å²) in [6.45, 7) is 21.4. The quantitative estimate of drug-likeness (QED) is 0.0944. The summed E-state index contributed by atoms with van der Waals surface area (Å²) in [7, 11) is -3.03. The van der Waals surface area contributed by atoms with E-state index < -0.39 is 26.4 Å². The normalized spacial score (nSPS) is 20.3. The number of aromatic nitrogens is 2. The van der Waals surface area contributed by atoms with Crippen molar-refractivity contribution in [1.29, 1.82) is 0 Å². The number of aliphatic hydroxyl groups excluding tert-OH is 1. The molecule has 3 aliphatic heterocycles. The lowest BCUT2D eigenvalue weighted by molar-refractivity contribution is -0.141. The van der Waals surface area contributed by atoms with Gasteiger partial charge in [-0.2, -0.15) is 0 Å². The van der Waals surface area contributed by atoms with Crippen LogP contribution in [0.15, 0.2) is 101 Å². The Morgan fingerprint density at radius 1 is 0.909 bits per heavy atom. The minimum atomic E-state index is -3.03. The van der Waals surface area contributed by atoms with Gasteiger partial charge in [-0.3, -0.25) is 14.5 Å². The first-order valence-electron chi connectivity index (χ1n) is 24.1. The lowest BCUT2D eigenvalue weighted by Crippen LogP contribution is -2.67. The molecule has 5 heterocycles. The van der Waals surface area contributed by atoms with Gasteiger partial charge < -0.3 is 29.2 Å². The number of aryl methyl sites for hydroxylation is 1. The number of nitrogens with one attached hydrogen (secondary N) is 1. The second-order valence-electron chi connectivity index (χ2n) is 20.6. The predicted octanol–water partition coefficient (Wildman–Crippen LogP) is 8.19. The van der Waals surface area contributed by atoms with Crippen LogP contribution in [0.4, 0.5) is 5.82 Å². The zero-order chi connectivity index (χ0) is 46.8. The predicted molar refractivity (Wildman–Crippen MR) is 267 cm³/mol. The van der Waals surface area contributed by atoms with Gasteiger partial charge in [0.2, 0.25) is 11.8 Å². The van der Waals surface area contributed by atoms with Crippen molar-refractivity contribution in [3.63, 3.8) is 0 Å². The summed E-state index contributed by atoms with van der Waals surface area (Å²) in [6.07, 6.45) is 3.49. The molecule has 3 saturated heterocycles. The molecule has 11 nitrogen and oxygen atoms in total. The highest BCUT2D eigenvalue weighted by molar-refractivity contribution is 7.13. The lowest BCUT2D eigenvalue weighted by Gasteiger charge is -2.44. The van der Waals surface area contributed by atoms with Gasteiger partial charge in [-0.05, 0) is 97.4 Å². The van der Waals surface area contributed by atoms with E-state index in [1.54, 1.807) is 16.2 Å². The largest absolute Gasteiger partial charge is 0.403 e. The van der Waals surface area contributed by atoms with Crippen LogP contribution in [-0.2, 0) is 14.0 Å². The zero-order valence-corrected chi connectivity index (χ0v) is 42.0. The van der Waals surface area contributed by atoms with Crippen LogP contribution in [0.1, 0.15) is 103 Å². The molecule has 3 aromatic carbocycles. The van der Waals surface area contributed by atoms with Crippen molar-refractivity contribution in [2.45, 2.75) is 116 Å². The van der Waals surface area contributed by atoms with Crippen LogP contribution in [-0.4, -0.2) is 103 Å². The summed E-state index contributed by atoms with van der Waals surface area (Å²) in [5, 5.41) is 19.5. The molecule has 352 valence electrons. The van der Waals surface area contributed by atoms with Crippen LogP contribution in [0.3, 0.4) is 0 Å². The molecule has 0 bridgehead atoms. The zero-order valence-electron chi connectivity index (χ0n) is 40.2. The van der Waals surface area contributed by atoms with Crippen molar-refractivity contribution in [3.8, 4) is 10.4 Å². The Kier molecular flexibility index (Phi) is 14.7. The first-order valence-corrected chi connectivity index (χ1v) is 26.9. The van der Waals surface area contributed by atoms with Gasteiger partial charge in [0.1, 0.15) is 12.0 Å². The average Bonchev–Trinajstić information content (AvgIpc) is 4.07. The van der Waals surface area contributed by atoms with Crippen molar-refractivity contribution < 1.29 is 23.6 Å². The van der Waals surface area contributed by atoms with E-state index in [-0.39, 0.29) is 48.0 Å². The smallest absolute Gasteiger partial charge is 0.261 e. The van der Waals surface area contributed by atoms with E-state index in [9.17, 15) is 9.90 Å². The van der Waals surface area contributed by atoms with Crippen LogP contribution < -0.4 is 20.6 Å². The van der Waals surface area contributed by atoms with Crippen molar-refractivity contribution in [1.82, 2.24) is 25.3 Å². The second-order valence-corrected chi connectivity index (χ2v) is 25.7. The van der Waals surface area contributed by atoms with Crippen LogP contribution in [0.25, 0.3) is 10.4 Å². The third-order valence-corrected chi connectivity index (χ3v) is 20.7. The van der Waals surface area contributed by atoms with E-state index in [0.717, 1.165) is 64.1 Å². The third-order valence-electron chi connectivity index (χ3n) is 14.6. The molecule has 5 atom stereocenters. The molecule has 66 heavy (non-hydrogen) atoms. The number of aliphatic hydroxyl groups is 1. The Morgan fingerprint density at radius 2 is 1.55 bits per heavy atom. The summed E-state index contributed by atoms with van der Waals surface area (Å²) in [4.78, 5) is 42.1. The maximum absolute atomic E-state index is 15.3. The average molecular weight is 931 g/mol. The van der Waals surface area contributed by atoms with Gasteiger partial charge in [-0.25, -0.2) is 4.98 Å². The number of hydrogen-bond acceptors (Lipinski definition) is 10. The summed E-state index contributed by atoms with van der Waals surface area (Å²) < 4.78 is 13.7. The first-order chi connectivity index (χ1) is 31.7. The molecular formula is C53H70N6O5SSi. The van der Waals surface area contributed by atoms with Crippen LogP contribution in [0.5, 0.6) is 0 Å². The Labute approximate surface area is 397 Å². The van der Waals surface area contributed by atoms with Gasteiger partial charge >= 0.3 is 0 Å². The Balaban J connectivity index is 1.03. The van der Waals surface area contributed by atoms with Crippen molar-refractivity contribution in [3.05, 3.63) is 114 Å². The van der Waals surface area contributed by atoms with E-state index in [2.05, 4.69) is 126 Å². The number of nitrogens with zero attached hydrogens (tertiary/aromatic N) is 5. The van der Waals surface area contributed by atoms with Crippen LogP contribution in [0.2, 0.25) is 5.04 Å². The number of amides is 2. The minimum Gasteiger partial charge on any atom is -0.403 e. The lowest BCUT2D eigenvalue weighted by atomic mass is 9.83. The number of piperidine rings is 1. The number of carbonyl (C=O) groups excluding carboxylic acids is 2. The molecule has 0 saturated carbocycles. The molecule has 3 aliphatic rings. The molecule has 2 N–H and O–H groups in total. The summed E-state index contributed by atoms with van der Waals surface area (Å²) in [5.74, 6) is 1.47. The molecule has 2 amide bonds. The van der Waals surface area contributed by atoms with Crippen molar-refractivity contribution in [2.24, 2.45) is 17.8 Å². The maximum atomic E-state index is 15.3. The van der Waals surface area contributed by atoms with Gasteiger partial charge in [0.05, 0.1) is 34.8 Å². The van der Waals surface area contributed by atoms with E-state index in [4.69, 9.17) is 8.95 Å². The van der Waals surface area contributed by atoms with Gasteiger partial charge in [0.15, 0.2) is 11.6 Å². The Hall–Kier alpha value is -4.66. The number of benzene rings is 3. The molecule has 0 spiro atoms. The van der Waals surface area contributed by atoms with E-state index >= 15 is 4.79 Å². The van der Waals surface area contributed by atoms with Gasteiger partial charge in [-0.1, -0.05) is 125 Å². The summed E-state index contributed by atoms with van der Waals surface area (Å²) in [5.41, 5.74) is 4.93. The molecule has 0 radical (unpaired) electrons. The maximum Gasteiger partial charge on any atom is 0.261 e. The van der Waals surface area contributed by atoms with Gasteiger partial charge in [0.25, 0.3) is 8.32 Å². The monoisotopic (exact) mass is 930 g/mol. The summed E-state index contributed by atoms with van der Waals surface area (Å²) >= 11 is 1.62. The highest BCUT2D eigenvalue weighted by atomic mass is 32.1. The van der Waals surface area contributed by atoms with Crippen LogP contribution >= 0.6 is 11.3 Å². The fraction of sp³-hybridized carbons (Fsp3) is 0.509. The van der Waals surface area contributed by atoms with E-state index in [1.807, 2.05) is 51.4 Å². The molecule has 2 aromatic heterocycles. The SMILES string of the molecule is Cc1ncsc1-c1ccc([C@H](C)NC(=O)C2CC(O[Si](c3ccccc3)(c3ccccc3)C(C)(C)C)CN2C(=O)C(c2cc(N3CC(CC4CCN([C@@H](C)CO)CC4)C3)no2)C(C)C)cc1. The number of hydrogen-bond donors (Lipinski definition) is 2. The molecule has 8 rings (SSSR count). The molecule has 5 aromatic rings. The van der Waals surface area contributed by atoms with Crippen molar-refractivity contribution in [2.75, 3.05) is 44.2 Å². The number of likely N-dealkylation sites (tertiary alicyclic amines) is 2. The highest BCUT2D eigenvalue weighted by Gasteiger charge is 2.54. The molecular weight excluding hydrogens is 861 g/mol. The van der Waals surface area contributed by atoms with Gasteiger partial charge in [0, 0.05) is 38.2 Å². The molecule has 0 aliphatic carbocycles. The first kappa shape index (κ1) is 47.8. The molecule has 3 fully saturated rings.